The van der Waals surface area contributed by atoms with Crippen LogP contribution in [0.15, 0.2) is 0 Å². The molecular formula is C15H25NO4. The van der Waals surface area contributed by atoms with Crippen molar-refractivity contribution in [1.82, 2.24) is 0 Å². The molecule has 0 amide bonds. The second kappa shape index (κ2) is 7.28. The molecule has 0 N–H and O–H groups in total. The van der Waals surface area contributed by atoms with Crippen molar-refractivity contribution in [1.29, 1.82) is 5.26 Å². The summed E-state index contributed by atoms with van der Waals surface area (Å²) in [7, 11) is 0. The Morgan fingerprint density at radius 3 is 2.00 bits per heavy atom. The van der Waals surface area contributed by atoms with Gasteiger partial charge in [0.05, 0.1) is 25.7 Å². The zero-order chi connectivity index (χ0) is 16.0. The van der Waals surface area contributed by atoms with Crippen molar-refractivity contribution in [2.24, 2.45) is 16.7 Å². The lowest BCUT2D eigenvalue weighted by Crippen LogP contribution is -2.49. The molecule has 0 aliphatic heterocycles. The summed E-state index contributed by atoms with van der Waals surface area (Å²) < 4.78 is 9.95. The summed E-state index contributed by atoms with van der Waals surface area (Å²) in [5.74, 6) is -1.20. The second-order valence-corrected chi connectivity index (χ2v) is 5.60. The number of carbonyl (C=O) groups is 2. The zero-order valence-electron chi connectivity index (χ0n) is 13.3. The van der Waals surface area contributed by atoms with Gasteiger partial charge in [-0.1, -0.05) is 27.7 Å². The first-order chi connectivity index (χ1) is 9.19. The standard InChI is InChI=1S/C15H25NO4/c1-7-19-12(17)9-15(10-16,13(18)20-8-2)14(5,6)11(3)4/h11H,7-9H2,1-6H3. The van der Waals surface area contributed by atoms with E-state index in [1.807, 2.05) is 19.9 Å². The lowest BCUT2D eigenvalue weighted by atomic mass is 9.59. The van der Waals surface area contributed by atoms with Crippen LogP contribution in [0, 0.1) is 28.1 Å². The number of hydrogen-bond acceptors (Lipinski definition) is 5. The summed E-state index contributed by atoms with van der Waals surface area (Å²) in [6, 6.07) is 2.04. The molecule has 114 valence electrons. The Bertz CT molecular complexity index is 395. The van der Waals surface area contributed by atoms with Gasteiger partial charge in [0.25, 0.3) is 0 Å². The summed E-state index contributed by atoms with van der Waals surface area (Å²) in [6.45, 7) is 11.2. The molecular weight excluding hydrogens is 258 g/mol. The van der Waals surface area contributed by atoms with E-state index in [1.165, 1.54) is 0 Å². The molecule has 20 heavy (non-hydrogen) atoms. The average Bonchev–Trinajstić information content (AvgIpc) is 2.35. The summed E-state index contributed by atoms with van der Waals surface area (Å²) in [6.07, 6.45) is -0.290. The van der Waals surface area contributed by atoms with Crippen LogP contribution in [0.5, 0.6) is 0 Å². The number of esters is 2. The predicted molar refractivity (Wildman–Crippen MR) is 74.5 cm³/mol. The minimum Gasteiger partial charge on any atom is -0.466 e. The van der Waals surface area contributed by atoms with Gasteiger partial charge in [-0.05, 0) is 25.2 Å². The van der Waals surface area contributed by atoms with Crippen molar-refractivity contribution >= 4 is 11.9 Å². The molecule has 0 aliphatic carbocycles. The van der Waals surface area contributed by atoms with Crippen LogP contribution in [0.25, 0.3) is 0 Å². The Balaban J connectivity index is 5.70. The Morgan fingerprint density at radius 2 is 1.65 bits per heavy atom. The highest BCUT2D eigenvalue weighted by molar-refractivity contribution is 5.87. The highest BCUT2D eigenvalue weighted by atomic mass is 16.5. The molecule has 0 fully saturated rings. The number of ether oxygens (including phenoxy) is 2. The van der Waals surface area contributed by atoms with Crippen LogP contribution in [0.3, 0.4) is 0 Å². The maximum absolute atomic E-state index is 12.3. The summed E-state index contributed by atoms with van der Waals surface area (Å²) in [5.41, 5.74) is -2.26. The molecule has 5 heteroatoms. The van der Waals surface area contributed by atoms with E-state index in [0.29, 0.717) is 0 Å². The largest absolute Gasteiger partial charge is 0.466 e. The third kappa shape index (κ3) is 3.50. The van der Waals surface area contributed by atoms with Gasteiger partial charge in [0, 0.05) is 0 Å². The van der Waals surface area contributed by atoms with Crippen LogP contribution in [0.4, 0.5) is 0 Å². The minimum atomic E-state index is -1.54. The van der Waals surface area contributed by atoms with Crippen molar-refractivity contribution < 1.29 is 19.1 Å². The molecule has 0 bridgehead atoms. The van der Waals surface area contributed by atoms with Crippen LogP contribution >= 0.6 is 0 Å². The average molecular weight is 283 g/mol. The van der Waals surface area contributed by atoms with E-state index < -0.39 is 22.8 Å². The molecule has 0 aromatic carbocycles. The van der Waals surface area contributed by atoms with E-state index in [2.05, 4.69) is 0 Å². The summed E-state index contributed by atoms with van der Waals surface area (Å²) in [5, 5.41) is 9.62. The maximum Gasteiger partial charge on any atom is 0.327 e. The van der Waals surface area contributed by atoms with Gasteiger partial charge in [0.1, 0.15) is 0 Å². The topological polar surface area (TPSA) is 76.4 Å². The van der Waals surface area contributed by atoms with Crippen molar-refractivity contribution in [3.8, 4) is 6.07 Å². The van der Waals surface area contributed by atoms with Gasteiger partial charge in [0.15, 0.2) is 5.41 Å². The van der Waals surface area contributed by atoms with E-state index >= 15 is 0 Å². The van der Waals surface area contributed by atoms with Crippen LogP contribution in [0.2, 0.25) is 0 Å². The lowest BCUT2D eigenvalue weighted by molar-refractivity contribution is -0.167. The molecule has 5 nitrogen and oxygen atoms in total. The molecule has 0 heterocycles. The number of nitrogens with zero attached hydrogens (tertiary/aromatic N) is 1. The quantitative estimate of drug-likeness (QED) is 0.671. The minimum absolute atomic E-state index is 0.0148. The normalized spacial score (nSPS) is 14.3. The van der Waals surface area contributed by atoms with E-state index in [0.717, 1.165) is 0 Å². The predicted octanol–water partition coefficient (Wildman–Crippen LogP) is 2.69. The molecule has 0 aromatic heterocycles. The van der Waals surface area contributed by atoms with Crippen LogP contribution in [-0.2, 0) is 19.1 Å². The van der Waals surface area contributed by atoms with Gasteiger partial charge in [-0.25, -0.2) is 0 Å². The van der Waals surface area contributed by atoms with Gasteiger partial charge in [0.2, 0.25) is 0 Å². The summed E-state index contributed by atoms with van der Waals surface area (Å²) in [4.78, 5) is 24.1. The molecule has 0 saturated carbocycles. The van der Waals surface area contributed by atoms with Crippen molar-refractivity contribution in [2.45, 2.75) is 48.0 Å². The highest BCUT2D eigenvalue weighted by Crippen LogP contribution is 2.48. The number of nitriles is 1. The fourth-order valence-corrected chi connectivity index (χ4v) is 1.97. The molecule has 1 atom stereocenters. The van der Waals surface area contributed by atoms with Crippen molar-refractivity contribution in [2.75, 3.05) is 13.2 Å². The Hall–Kier alpha value is -1.57. The van der Waals surface area contributed by atoms with Crippen LogP contribution < -0.4 is 0 Å². The van der Waals surface area contributed by atoms with E-state index in [4.69, 9.17) is 9.47 Å². The fraction of sp³-hybridized carbons (Fsp3) is 0.800. The number of rotatable bonds is 7. The second-order valence-electron chi connectivity index (χ2n) is 5.60. The van der Waals surface area contributed by atoms with Crippen LogP contribution in [-0.4, -0.2) is 25.2 Å². The molecule has 0 aliphatic rings. The third-order valence-electron chi connectivity index (χ3n) is 4.07. The summed E-state index contributed by atoms with van der Waals surface area (Å²) >= 11 is 0. The number of hydrogen-bond donors (Lipinski definition) is 0. The van der Waals surface area contributed by atoms with Gasteiger partial charge in [-0.15, -0.1) is 0 Å². The smallest absolute Gasteiger partial charge is 0.327 e. The molecule has 0 saturated heterocycles. The van der Waals surface area contributed by atoms with Gasteiger partial charge < -0.3 is 9.47 Å². The van der Waals surface area contributed by atoms with Gasteiger partial charge in [-0.3, -0.25) is 9.59 Å². The van der Waals surface area contributed by atoms with E-state index in [9.17, 15) is 14.9 Å². The third-order valence-corrected chi connectivity index (χ3v) is 4.07. The van der Waals surface area contributed by atoms with E-state index in [-0.39, 0.29) is 25.6 Å². The highest BCUT2D eigenvalue weighted by Gasteiger charge is 2.56. The molecule has 0 rings (SSSR count). The van der Waals surface area contributed by atoms with Crippen molar-refractivity contribution in [3.63, 3.8) is 0 Å². The first kappa shape index (κ1) is 18.4. The van der Waals surface area contributed by atoms with Crippen LogP contribution in [0.1, 0.15) is 48.0 Å². The molecule has 0 aromatic rings. The molecule has 0 radical (unpaired) electrons. The monoisotopic (exact) mass is 283 g/mol. The van der Waals surface area contributed by atoms with Gasteiger partial charge >= 0.3 is 11.9 Å². The van der Waals surface area contributed by atoms with Gasteiger partial charge in [-0.2, -0.15) is 5.26 Å². The molecule has 1 unspecified atom stereocenters. The number of carbonyl (C=O) groups excluding carboxylic acids is 2. The Morgan fingerprint density at radius 1 is 1.15 bits per heavy atom. The first-order valence-electron chi connectivity index (χ1n) is 6.93. The van der Waals surface area contributed by atoms with Crippen molar-refractivity contribution in [3.05, 3.63) is 0 Å². The first-order valence-corrected chi connectivity index (χ1v) is 6.93. The molecule has 0 spiro atoms. The maximum atomic E-state index is 12.3. The lowest BCUT2D eigenvalue weighted by Gasteiger charge is -2.41. The Kier molecular flexibility index (Phi) is 6.70. The van der Waals surface area contributed by atoms with E-state index in [1.54, 1.807) is 27.7 Å². The Labute approximate surface area is 121 Å². The fourth-order valence-electron chi connectivity index (χ4n) is 1.97. The SMILES string of the molecule is CCOC(=O)CC(C#N)(C(=O)OCC)C(C)(C)C(C)C. The zero-order valence-corrected chi connectivity index (χ0v) is 13.3.